The van der Waals surface area contributed by atoms with E-state index in [2.05, 4.69) is 9.97 Å². The summed E-state index contributed by atoms with van der Waals surface area (Å²) in [7, 11) is 0. The molecule has 1 saturated carbocycles. The van der Waals surface area contributed by atoms with E-state index in [-0.39, 0.29) is 11.6 Å². The molecule has 1 fully saturated rings. The third-order valence-electron chi connectivity index (χ3n) is 3.82. The highest BCUT2D eigenvalue weighted by molar-refractivity contribution is 6.30. The van der Waals surface area contributed by atoms with Crippen molar-refractivity contribution in [1.29, 1.82) is 0 Å². The van der Waals surface area contributed by atoms with Crippen LogP contribution in [-0.2, 0) is 0 Å². The minimum atomic E-state index is -0.143. The molecule has 0 radical (unpaired) electrons. The molecule has 0 amide bonds. The van der Waals surface area contributed by atoms with Crippen LogP contribution in [0.4, 0.5) is 5.69 Å². The highest BCUT2D eigenvalue weighted by Gasteiger charge is 2.29. The van der Waals surface area contributed by atoms with Gasteiger partial charge in [-0.15, -0.1) is 0 Å². The normalized spacial score (nSPS) is 14.4. The van der Waals surface area contributed by atoms with Crippen molar-refractivity contribution < 1.29 is 0 Å². The molecule has 0 spiro atoms. The highest BCUT2D eigenvalue weighted by atomic mass is 35.5. The Morgan fingerprint density at radius 1 is 1.27 bits per heavy atom. The highest BCUT2D eigenvalue weighted by Crippen LogP contribution is 2.36. The number of hydrogen-bond donors (Lipinski definition) is 1. The van der Waals surface area contributed by atoms with Gasteiger partial charge in [-0.1, -0.05) is 23.7 Å². The van der Waals surface area contributed by atoms with E-state index in [1.165, 1.54) is 0 Å². The molecule has 0 saturated heterocycles. The molecule has 2 aromatic heterocycles. The minimum absolute atomic E-state index is 0.143. The van der Waals surface area contributed by atoms with E-state index >= 15 is 0 Å². The third-order valence-corrected chi connectivity index (χ3v) is 4.05. The smallest absolute Gasteiger partial charge is 0.279 e. The van der Waals surface area contributed by atoms with Crippen molar-refractivity contribution in [2.45, 2.75) is 18.9 Å². The molecule has 6 heteroatoms. The van der Waals surface area contributed by atoms with E-state index in [1.807, 2.05) is 6.07 Å². The second-order valence-corrected chi connectivity index (χ2v) is 5.89. The summed E-state index contributed by atoms with van der Waals surface area (Å²) in [6, 6.07) is 9.01. The number of nitrogens with zero attached hydrogens (tertiary/aromatic N) is 3. The number of halogens is 1. The average Bonchev–Trinajstić information content (AvgIpc) is 3.31. The van der Waals surface area contributed by atoms with Gasteiger partial charge in [-0.3, -0.25) is 9.36 Å². The van der Waals surface area contributed by atoms with Crippen LogP contribution in [0.1, 0.15) is 18.9 Å². The predicted octanol–water partition coefficient (Wildman–Crippen LogP) is 3.03. The molecule has 5 nitrogen and oxygen atoms in total. The molecular weight excluding hydrogens is 300 g/mol. The molecule has 0 unspecified atom stereocenters. The van der Waals surface area contributed by atoms with Gasteiger partial charge in [0, 0.05) is 22.8 Å². The van der Waals surface area contributed by atoms with E-state index in [0.29, 0.717) is 33.1 Å². The van der Waals surface area contributed by atoms with Gasteiger partial charge in [0.15, 0.2) is 5.65 Å². The number of anilines is 1. The molecule has 0 atom stereocenters. The molecule has 1 aliphatic carbocycles. The lowest BCUT2D eigenvalue weighted by molar-refractivity contribution is 0.726. The Morgan fingerprint density at radius 2 is 2.09 bits per heavy atom. The molecule has 0 aliphatic heterocycles. The van der Waals surface area contributed by atoms with Gasteiger partial charge in [-0.05, 0) is 31.0 Å². The van der Waals surface area contributed by atoms with E-state index < -0.39 is 0 Å². The Morgan fingerprint density at radius 3 is 2.82 bits per heavy atom. The van der Waals surface area contributed by atoms with Crippen LogP contribution in [0.15, 0.2) is 41.3 Å². The van der Waals surface area contributed by atoms with Gasteiger partial charge < -0.3 is 5.73 Å². The van der Waals surface area contributed by atoms with E-state index in [1.54, 1.807) is 35.0 Å². The van der Waals surface area contributed by atoms with Gasteiger partial charge in [-0.2, -0.15) is 0 Å². The second kappa shape index (κ2) is 4.81. The Bertz CT molecular complexity index is 947. The van der Waals surface area contributed by atoms with Crippen molar-refractivity contribution in [3.05, 3.63) is 51.9 Å². The lowest BCUT2D eigenvalue weighted by atomic mass is 10.1. The first-order valence-corrected chi connectivity index (χ1v) is 7.45. The first-order chi connectivity index (χ1) is 10.6. The van der Waals surface area contributed by atoms with E-state index in [9.17, 15) is 4.79 Å². The average molecular weight is 313 g/mol. The standard InChI is InChI=1S/C16H13ClN4O/c17-10-3-1-2-9(8-10)13-16(22)21(11-4-5-11)15-14(20-13)12(18)6-7-19-15/h1-3,6-8,11H,4-5H2,(H2,18,19). The minimum Gasteiger partial charge on any atom is -0.397 e. The molecule has 2 N–H and O–H groups in total. The number of benzene rings is 1. The summed E-state index contributed by atoms with van der Waals surface area (Å²) in [6.07, 6.45) is 3.56. The van der Waals surface area contributed by atoms with Crippen molar-refractivity contribution >= 4 is 28.5 Å². The SMILES string of the molecule is Nc1ccnc2c1nc(-c1cccc(Cl)c1)c(=O)n2C1CC1. The number of pyridine rings is 1. The Hall–Kier alpha value is -2.40. The van der Waals surface area contributed by atoms with Crippen LogP contribution in [0.2, 0.25) is 5.02 Å². The first-order valence-electron chi connectivity index (χ1n) is 7.08. The van der Waals surface area contributed by atoms with Crippen molar-refractivity contribution in [3.8, 4) is 11.3 Å². The van der Waals surface area contributed by atoms with E-state index in [4.69, 9.17) is 17.3 Å². The zero-order chi connectivity index (χ0) is 15.3. The molecule has 22 heavy (non-hydrogen) atoms. The summed E-state index contributed by atoms with van der Waals surface area (Å²) in [4.78, 5) is 21.7. The maximum atomic E-state index is 12.9. The van der Waals surface area contributed by atoms with Gasteiger partial charge in [0.05, 0.1) is 5.69 Å². The summed E-state index contributed by atoms with van der Waals surface area (Å²) in [5.74, 6) is 0. The fourth-order valence-electron chi connectivity index (χ4n) is 2.61. The van der Waals surface area contributed by atoms with Gasteiger partial charge >= 0.3 is 0 Å². The summed E-state index contributed by atoms with van der Waals surface area (Å²) in [6.45, 7) is 0. The second-order valence-electron chi connectivity index (χ2n) is 5.45. The lowest BCUT2D eigenvalue weighted by Gasteiger charge is -2.11. The van der Waals surface area contributed by atoms with Gasteiger partial charge in [0.2, 0.25) is 0 Å². The largest absolute Gasteiger partial charge is 0.397 e. The summed E-state index contributed by atoms with van der Waals surface area (Å²) >= 11 is 6.04. The molecule has 4 rings (SSSR count). The number of hydrogen-bond acceptors (Lipinski definition) is 4. The molecule has 0 bridgehead atoms. The maximum Gasteiger partial charge on any atom is 0.279 e. The van der Waals surface area contributed by atoms with Gasteiger partial charge in [0.1, 0.15) is 11.2 Å². The fraction of sp³-hybridized carbons (Fsp3) is 0.188. The number of fused-ring (bicyclic) bond motifs is 1. The van der Waals surface area contributed by atoms with Crippen LogP contribution in [-0.4, -0.2) is 14.5 Å². The Balaban J connectivity index is 2.10. The molecule has 2 heterocycles. The zero-order valence-electron chi connectivity index (χ0n) is 11.7. The van der Waals surface area contributed by atoms with Gasteiger partial charge in [-0.25, -0.2) is 9.97 Å². The van der Waals surface area contributed by atoms with Crippen LogP contribution in [0.25, 0.3) is 22.4 Å². The van der Waals surface area contributed by atoms with Gasteiger partial charge in [0.25, 0.3) is 5.56 Å². The molecule has 1 aromatic carbocycles. The van der Waals surface area contributed by atoms with Crippen LogP contribution >= 0.6 is 11.6 Å². The van der Waals surface area contributed by atoms with Crippen LogP contribution in [0.3, 0.4) is 0 Å². The molecule has 110 valence electrons. The molecule has 3 aromatic rings. The summed E-state index contributed by atoms with van der Waals surface area (Å²) in [5, 5.41) is 0.566. The van der Waals surface area contributed by atoms with Crippen molar-refractivity contribution in [3.63, 3.8) is 0 Å². The molecule has 1 aliphatic rings. The van der Waals surface area contributed by atoms with Crippen LogP contribution < -0.4 is 11.3 Å². The van der Waals surface area contributed by atoms with Crippen molar-refractivity contribution in [2.24, 2.45) is 0 Å². The zero-order valence-corrected chi connectivity index (χ0v) is 12.4. The fourth-order valence-corrected chi connectivity index (χ4v) is 2.80. The number of rotatable bonds is 2. The van der Waals surface area contributed by atoms with Crippen LogP contribution in [0.5, 0.6) is 0 Å². The summed E-state index contributed by atoms with van der Waals surface area (Å²) < 4.78 is 1.72. The van der Waals surface area contributed by atoms with Crippen molar-refractivity contribution in [2.75, 3.05) is 5.73 Å². The number of nitrogen functional groups attached to an aromatic ring is 1. The number of aromatic nitrogens is 3. The first kappa shape index (κ1) is 13.3. The topological polar surface area (TPSA) is 73.8 Å². The molecular formula is C16H13ClN4O. The summed E-state index contributed by atoms with van der Waals surface area (Å²) in [5.41, 5.74) is 8.57. The number of nitrogens with two attached hydrogens (primary N) is 1. The van der Waals surface area contributed by atoms with Crippen LogP contribution in [0, 0.1) is 0 Å². The Labute approximate surface area is 131 Å². The van der Waals surface area contributed by atoms with Crippen molar-refractivity contribution in [1.82, 2.24) is 14.5 Å². The van der Waals surface area contributed by atoms with E-state index in [0.717, 1.165) is 12.8 Å². The maximum absolute atomic E-state index is 12.9. The third kappa shape index (κ3) is 2.05. The lowest BCUT2D eigenvalue weighted by Crippen LogP contribution is -2.24. The quantitative estimate of drug-likeness (QED) is 0.789. The predicted molar refractivity (Wildman–Crippen MR) is 86.9 cm³/mol. The monoisotopic (exact) mass is 312 g/mol. The Kier molecular flexibility index (Phi) is 2.90.